The quantitative estimate of drug-likeness (QED) is 0.699. The first-order chi connectivity index (χ1) is 12.9. The summed E-state index contributed by atoms with van der Waals surface area (Å²) in [6.07, 6.45) is 14.8. The van der Waals surface area contributed by atoms with E-state index in [-0.39, 0.29) is 24.4 Å². The van der Waals surface area contributed by atoms with Gasteiger partial charge in [-0.2, -0.15) is 0 Å². The number of carbonyl (C=O) groups excluding carboxylic acids is 1. The van der Waals surface area contributed by atoms with Crippen LogP contribution in [0.25, 0.3) is 0 Å². The molecule has 0 spiro atoms. The molecule has 0 aromatic heterocycles. The van der Waals surface area contributed by atoms with Gasteiger partial charge in [0.2, 0.25) is 0 Å². The Labute approximate surface area is 162 Å². The minimum atomic E-state index is -0.706. The highest BCUT2D eigenvalue weighted by Crippen LogP contribution is 2.40. The maximum absolute atomic E-state index is 11.4. The Morgan fingerprint density at radius 2 is 2.15 bits per heavy atom. The molecule has 3 rings (SSSR count). The lowest BCUT2D eigenvalue weighted by atomic mass is 9.72. The highest BCUT2D eigenvalue weighted by Gasteiger charge is 2.31. The maximum Gasteiger partial charge on any atom is 0.308 e. The van der Waals surface area contributed by atoms with Crippen molar-refractivity contribution in [3.05, 3.63) is 23.8 Å². The Kier molecular flexibility index (Phi) is 8.55. The van der Waals surface area contributed by atoms with Gasteiger partial charge in [-0.15, -0.1) is 0 Å². The average Bonchev–Trinajstić information content (AvgIpc) is 2.65. The summed E-state index contributed by atoms with van der Waals surface area (Å²) in [5.41, 5.74) is 1.52. The molecular weight excluding hydrogens is 344 g/mol. The van der Waals surface area contributed by atoms with Crippen molar-refractivity contribution in [2.24, 2.45) is 17.8 Å². The third kappa shape index (κ3) is 6.80. The van der Waals surface area contributed by atoms with Gasteiger partial charge in [0.1, 0.15) is 6.10 Å². The van der Waals surface area contributed by atoms with Crippen LogP contribution in [0.4, 0.5) is 0 Å². The molecule has 0 aromatic carbocycles. The standard InChI is InChI=1S/C17H24O3.C5H10O2/c18-14-10-15(20-17(19)11-14)9-8-13-6-3-5-12-4-1-2-7-16(12)13;1-3-4(2)5(6)7/h3-5,13-16,18H,1-2,6-11H2;4H,3H2,1-2H3,(H,6,7)/t13-,14-,15-,16?;4-/m10/s1. The summed E-state index contributed by atoms with van der Waals surface area (Å²) in [5.74, 6) is 0.264. The van der Waals surface area contributed by atoms with Gasteiger partial charge in [0.25, 0.3) is 0 Å². The maximum atomic E-state index is 11.4. The Morgan fingerprint density at radius 1 is 1.37 bits per heavy atom. The van der Waals surface area contributed by atoms with Gasteiger partial charge >= 0.3 is 11.9 Å². The topological polar surface area (TPSA) is 83.8 Å². The van der Waals surface area contributed by atoms with Crippen molar-refractivity contribution in [3.63, 3.8) is 0 Å². The minimum absolute atomic E-state index is 0.0758. The van der Waals surface area contributed by atoms with Crippen LogP contribution >= 0.6 is 0 Å². The van der Waals surface area contributed by atoms with Crippen molar-refractivity contribution in [2.45, 2.75) is 83.8 Å². The molecule has 27 heavy (non-hydrogen) atoms. The smallest absolute Gasteiger partial charge is 0.308 e. The summed E-state index contributed by atoms with van der Waals surface area (Å²) in [6.45, 7) is 3.56. The van der Waals surface area contributed by atoms with E-state index in [0.717, 1.165) is 25.7 Å². The summed E-state index contributed by atoms with van der Waals surface area (Å²) < 4.78 is 5.35. The van der Waals surface area contributed by atoms with Crippen molar-refractivity contribution in [1.29, 1.82) is 0 Å². The molecule has 1 heterocycles. The van der Waals surface area contributed by atoms with Gasteiger partial charge < -0.3 is 14.9 Å². The van der Waals surface area contributed by atoms with Crippen molar-refractivity contribution in [1.82, 2.24) is 0 Å². The predicted octanol–water partition coefficient (Wildman–Crippen LogP) is 4.25. The van der Waals surface area contributed by atoms with Crippen LogP contribution < -0.4 is 0 Å². The van der Waals surface area contributed by atoms with Crippen LogP contribution in [0.1, 0.15) is 71.6 Å². The first kappa shape index (κ1) is 21.7. The largest absolute Gasteiger partial charge is 0.481 e. The van der Waals surface area contributed by atoms with Gasteiger partial charge in [-0.1, -0.05) is 32.1 Å². The summed E-state index contributed by atoms with van der Waals surface area (Å²) in [7, 11) is 0. The number of aliphatic hydroxyl groups excluding tert-OH is 1. The van der Waals surface area contributed by atoms with Gasteiger partial charge in [0, 0.05) is 6.42 Å². The molecule has 3 aliphatic rings. The lowest BCUT2D eigenvalue weighted by Crippen LogP contribution is -2.33. The molecule has 0 saturated carbocycles. The van der Waals surface area contributed by atoms with Crippen LogP contribution in [0.2, 0.25) is 0 Å². The number of carboxylic acid groups (broad SMARTS) is 1. The SMILES string of the molecule is CC[C@H](C)C(=O)O.O=C1C[C@H](O)C[C@@H](CC[C@H]2CC=CC3=CCCCC32)O1. The van der Waals surface area contributed by atoms with E-state index < -0.39 is 12.1 Å². The van der Waals surface area contributed by atoms with Crippen LogP contribution in [0.15, 0.2) is 23.8 Å². The molecule has 5 nitrogen and oxygen atoms in total. The summed E-state index contributed by atoms with van der Waals surface area (Å²) in [4.78, 5) is 21.3. The fraction of sp³-hybridized carbons (Fsp3) is 0.727. The number of rotatable bonds is 5. The molecule has 0 aromatic rings. The molecule has 152 valence electrons. The molecule has 1 fully saturated rings. The number of esters is 1. The summed E-state index contributed by atoms with van der Waals surface area (Å²) in [6, 6.07) is 0. The number of aliphatic hydroxyl groups is 1. The van der Waals surface area contributed by atoms with Crippen molar-refractivity contribution in [2.75, 3.05) is 0 Å². The molecule has 5 heteroatoms. The fourth-order valence-corrected chi connectivity index (χ4v) is 4.10. The zero-order chi connectivity index (χ0) is 19.8. The van der Waals surface area contributed by atoms with Crippen LogP contribution in [-0.4, -0.2) is 34.4 Å². The number of cyclic esters (lactones) is 1. The molecule has 0 radical (unpaired) electrons. The van der Waals surface area contributed by atoms with E-state index in [0.29, 0.717) is 18.3 Å². The van der Waals surface area contributed by atoms with Gasteiger partial charge in [0.05, 0.1) is 18.4 Å². The average molecular weight is 379 g/mol. The lowest BCUT2D eigenvalue weighted by molar-refractivity contribution is -0.160. The Morgan fingerprint density at radius 3 is 2.78 bits per heavy atom. The lowest BCUT2D eigenvalue weighted by Gasteiger charge is -2.34. The zero-order valence-corrected chi connectivity index (χ0v) is 16.6. The minimum Gasteiger partial charge on any atom is -0.481 e. The molecule has 0 bridgehead atoms. The van der Waals surface area contributed by atoms with Crippen LogP contribution in [0.5, 0.6) is 0 Å². The van der Waals surface area contributed by atoms with E-state index in [1.165, 1.54) is 24.8 Å². The molecule has 1 saturated heterocycles. The molecule has 2 aliphatic carbocycles. The van der Waals surface area contributed by atoms with Gasteiger partial charge in [0.15, 0.2) is 0 Å². The van der Waals surface area contributed by atoms with Crippen molar-refractivity contribution < 1.29 is 24.5 Å². The number of carbonyl (C=O) groups is 2. The normalized spacial score (nSPS) is 30.9. The zero-order valence-electron chi connectivity index (χ0n) is 16.6. The number of ether oxygens (including phenoxy) is 1. The van der Waals surface area contributed by atoms with Crippen LogP contribution in [-0.2, 0) is 14.3 Å². The van der Waals surface area contributed by atoms with Gasteiger partial charge in [-0.3, -0.25) is 9.59 Å². The fourth-order valence-electron chi connectivity index (χ4n) is 4.10. The Bertz CT molecular complexity index is 565. The number of allylic oxidation sites excluding steroid dienone is 4. The molecular formula is C22H34O5. The Balaban J connectivity index is 0.000000321. The van der Waals surface area contributed by atoms with Crippen molar-refractivity contribution >= 4 is 11.9 Å². The monoisotopic (exact) mass is 378 g/mol. The van der Waals surface area contributed by atoms with E-state index >= 15 is 0 Å². The van der Waals surface area contributed by atoms with Crippen molar-refractivity contribution in [3.8, 4) is 0 Å². The molecule has 0 amide bonds. The van der Waals surface area contributed by atoms with E-state index in [1.54, 1.807) is 6.92 Å². The van der Waals surface area contributed by atoms with E-state index in [1.807, 2.05) is 6.92 Å². The number of aliphatic carboxylic acids is 1. The highest BCUT2D eigenvalue weighted by molar-refractivity contribution is 5.71. The van der Waals surface area contributed by atoms with Crippen LogP contribution in [0.3, 0.4) is 0 Å². The third-order valence-corrected chi connectivity index (χ3v) is 5.97. The molecule has 5 atom stereocenters. The van der Waals surface area contributed by atoms with E-state index in [4.69, 9.17) is 9.84 Å². The van der Waals surface area contributed by atoms with Crippen LogP contribution in [0, 0.1) is 17.8 Å². The second-order valence-electron chi connectivity index (χ2n) is 8.07. The molecule has 1 aliphatic heterocycles. The number of hydrogen-bond acceptors (Lipinski definition) is 4. The molecule has 2 N–H and O–H groups in total. The van der Waals surface area contributed by atoms with Gasteiger partial charge in [-0.05, 0) is 62.4 Å². The summed E-state index contributed by atoms with van der Waals surface area (Å²) in [5, 5.41) is 17.8. The van der Waals surface area contributed by atoms with E-state index in [2.05, 4.69) is 18.2 Å². The summed E-state index contributed by atoms with van der Waals surface area (Å²) >= 11 is 0. The first-order valence-electron chi connectivity index (χ1n) is 10.4. The predicted molar refractivity (Wildman–Crippen MR) is 104 cm³/mol. The first-order valence-corrected chi connectivity index (χ1v) is 10.4. The Hall–Kier alpha value is -1.62. The highest BCUT2D eigenvalue weighted by atomic mass is 16.5. The van der Waals surface area contributed by atoms with Gasteiger partial charge in [-0.25, -0.2) is 0 Å². The van der Waals surface area contributed by atoms with E-state index in [9.17, 15) is 14.7 Å². The molecule has 1 unspecified atom stereocenters. The second kappa shape index (κ2) is 10.6. The number of carboxylic acids is 1. The number of fused-ring (bicyclic) bond motifs is 1. The number of hydrogen-bond donors (Lipinski definition) is 2. The third-order valence-electron chi connectivity index (χ3n) is 5.97. The second-order valence-corrected chi connectivity index (χ2v) is 8.07.